The van der Waals surface area contributed by atoms with Crippen LogP contribution in [0.2, 0.25) is 0 Å². The summed E-state index contributed by atoms with van der Waals surface area (Å²) in [4.78, 5) is 0. The molecule has 0 aliphatic carbocycles. The highest BCUT2D eigenvalue weighted by atomic mass is 16.5. The molecular weight excluding hydrogens is 227 g/mol. The quantitative estimate of drug-likeness (QED) is 0.771. The third kappa shape index (κ3) is 3.70. The minimum absolute atomic E-state index is 0.454. The molecular formula is C14H15BO3. The summed E-state index contributed by atoms with van der Waals surface area (Å²) in [5, 5.41) is 18.1. The lowest BCUT2D eigenvalue weighted by Gasteiger charge is -2.06. The highest BCUT2D eigenvalue weighted by Crippen LogP contribution is 2.05. The summed E-state index contributed by atoms with van der Waals surface area (Å²) in [7, 11) is -1.43. The molecule has 0 radical (unpaired) electrons. The third-order valence-electron chi connectivity index (χ3n) is 2.63. The SMILES string of the molecule is OB(O)c1cccc(COCc2ccccc2)c1. The van der Waals surface area contributed by atoms with Crippen LogP contribution in [0.3, 0.4) is 0 Å². The molecule has 0 saturated heterocycles. The minimum atomic E-state index is -1.43. The first-order valence-electron chi connectivity index (χ1n) is 5.82. The molecule has 0 aliphatic rings. The lowest BCUT2D eigenvalue weighted by Crippen LogP contribution is -2.29. The van der Waals surface area contributed by atoms with Gasteiger partial charge in [-0.25, -0.2) is 0 Å². The Morgan fingerprint density at radius 1 is 0.833 bits per heavy atom. The van der Waals surface area contributed by atoms with Crippen molar-refractivity contribution in [2.75, 3.05) is 0 Å². The third-order valence-corrected chi connectivity index (χ3v) is 2.63. The van der Waals surface area contributed by atoms with Crippen molar-refractivity contribution in [3.05, 3.63) is 65.7 Å². The van der Waals surface area contributed by atoms with Crippen molar-refractivity contribution < 1.29 is 14.8 Å². The average molecular weight is 242 g/mol. The van der Waals surface area contributed by atoms with Crippen molar-refractivity contribution in [3.8, 4) is 0 Å². The van der Waals surface area contributed by atoms with Gasteiger partial charge in [0.1, 0.15) is 0 Å². The molecule has 2 N–H and O–H groups in total. The van der Waals surface area contributed by atoms with Gasteiger partial charge in [-0.1, -0.05) is 54.6 Å². The van der Waals surface area contributed by atoms with E-state index in [9.17, 15) is 0 Å². The van der Waals surface area contributed by atoms with Crippen molar-refractivity contribution in [2.24, 2.45) is 0 Å². The summed E-state index contributed by atoms with van der Waals surface area (Å²) < 4.78 is 5.58. The van der Waals surface area contributed by atoms with Gasteiger partial charge in [-0.15, -0.1) is 0 Å². The summed E-state index contributed by atoms with van der Waals surface area (Å²) in [5.74, 6) is 0. The molecule has 0 atom stereocenters. The molecule has 18 heavy (non-hydrogen) atoms. The highest BCUT2D eigenvalue weighted by molar-refractivity contribution is 6.58. The largest absolute Gasteiger partial charge is 0.488 e. The van der Waals surface area contributed by atoms with Gasteiger partial charge in [-0.2, -0.15) is 0 Å². The molecule has 0 spiro atoms. The van der Waals surface area contributed by atoms with Crippen LogP contribution in [0.1, 0.15) is 11.1 Å². The fourth-order valence-electron chi connectivity index (χ4n) is 1.70. The summed E-state index contributed by atoms with van der Waals surface area (Å²) in [6, 6.07) is 17.0. The zero-order valence-electron chi connectivity index (χ0n) is 9.99. The molecule has 0 aliphatic heterocycles. The summed E-state index contributed by atoms with van der Waals surface area (Å²) in [6.07, 6.45) is 0. The maximum absolute atomic E-state index is 9.07. The molecule has 0 saturated carbocycles. The Labute approximate surface area is 107 Å². The van der Waals surface area contributed by atoms with Crippen molar-refractivity contribution in [3.63, 3.8) is 0 Å². The molecule has 2 aromatic rings. The average Bonchev–Trinajstić information content (AvgIpc) is 2.40. The van der Waals surface area contributed by atoms with Crippen molar-refractivity contribution in [1.82, 2.24) is 0 Å². The fourth-order valence-corrected chi connectivity index (χ4v) is 1.70. The number of rotatable bonds is 5. The zero-order chi connectivity index (χ0) is 12.8. The Hall–Kier alpha value is -1.62. The Bertz CT molecular complexity index is 485. The van der Waals surface area contributed by atoms with Gasteiger partial charge in [-0.05, 0) is 16.6 Å². The van der Waals surface area contributed by atoms with E-state index >= 15 is 0 Å². The first-order valence-corrected chi connectivity index (χ1v) is 5.82. The number of ether oxygens (including phenoxy) is 1. The summed E-state index contributed by atoms with van der Waals surface area (Å²) in [6.45, 7) is 1.00. The van der Waals surface area contributed by atoms with E-state index in [0.717, 1.165) is 11.1 Å². The standard InChI is InChI=1S/C14H15BO3/c16-15(17)14-8-4-7-13(9-14)11-18-10-12-5-2-1-3-6-12/h1-9,16-17H,10-11H2. The van der Waals surface area contributed by atoms with Gasteiger partial charge >= 0.3 is 7.12 Å². The second-order valence-corrected chi connectivity index (χ2v) is 4.10. The Morgan fingerprint density at radius 2 is 1.50 bits per heavy atom. The summed E-state index contributed by atoms with van der Waals surface area (Å²) >= 11 is 0. The number of benzene rings is 2. The van der Waals surface area contributed by atoms with Crippen LogP contribution in [0.4, 0.5) is 0 Å². The van der Waals surface area contributed by atoms with E-state index < -0.39 is 7.12 Å². The lowest BCUT2D eigenvalue weighted by atomic mass is 9.80. The number of hydrogen-bond acceptors (Lipinski definition) is 3. The molecule has 92 valence electrons. The molecule has 0 amide bonds. The predicted molar refractivity (Wildman–Crippen MR) is 71.2 cm³/mol. The molecule has 0 bridgehead atoms. The van der Waals surface area contributed by atoms with E-state index in [4.69, 9.17) is 14.8 Å². The van der Waals surface area contributed by atoms with Crippen LogP contribution < -0.4 is 5.46 Å². The molecule has 0 aromatic heterocycles. The highest BCUT2D eigenvalue weighted by Gasteiger charge is 2.10. The van der Waals surface area contributed by atoms with Gasteiger partial charge in [-0.3, -0.25) is 0 Å². The first-order chi connectivity index (χ1) is 8.75. The number of hydrogen-bond donors (Lipinski definition) is 2. The van der Waals surface area contributed by atoms with E-state index in [1.165, 1.54) is 0 Å². The van der Waals surface area contributed by atoms with E-state index in [1.807, 2.05) is 36.4 Å². The lowest BCUT2D eigenvalue weighted by molar-refractivity contribution is 0.107. The second-order valence-electron chi connectivity index (χ2n) is 4.10. The predicted octanol–water partition coefficient (Wildman–Crippen LogP) is 1.08. The van der Waals surface area contributed by atoms with Crippen LogP contribution in [-0.4, -0.2) is 17.2 Å². The van der Waals surface area contributed by atoms with Gasteiger partial charge in [0.2, 0.25) is 0 Å². The van der Waals surface area contributed by atoms with Crippen molar-refractivity contribution in [2.45, 2.75) is 13.2 Å². The molecule has 0 heterocycles. The van der Waals surface area contributed by atoms with Crippen LogP contribution >= 0.6 is 0 Å². The van der Waals surface area contributed by atoms with Crippen LogP contribution in [0.25, 0.3) is 0 Å². The van der Waals surface area contributed by atoms with E-state index in [1.54, 1.807) is 18.2 Å². The molecule has 4 heteroatoms. The van der Waals surface area contributed by atoms with E-state index in [-0.39, 0.29) is 0 Å². The normalized spacial score (nSPS) is 10.3. The van der Waals surface area contributed by atoms with Crippen LogP contribution in [0, 0.1) is 0 Å². The van der Waals surface area contributed by atoms with Gasteiger partial charge < -0.3 is 14.8 Å². The zero-order valence-corrected chi connectivity index (χ0v) is 9.99. The molecule has 0 unspecified atom stereocenters. The van der Waals surface area contributed by atoms with Crippen LogP contribution in [-0.2, 0) is 18.0 Å². The Morgan fingerprint density at radius 3 is 2.22 bits per heavy atom. The van der Waals surface area contributed by atoms with Gasteiger partial charge in [0.15, 0.2) is 0 Å². The summed E-state index contributed by atoms with van der Waals surface area (Å²) in [5.41, 5.74) is 2.53. The Balaban J connectivity index is 1.89. The molecule has 0 fully saturated rings. The van der Waals surface area contributed by atoms with E-state index in [0.29, 0.717) is 18.7 Å². The van der Waals surface area contributed by atoms with Crippen molar-refractivity contribution >= 4 is 12.6 Å². The van der Waals surface area contributed by atoms with Crippen LogP contribution in [0.5, 0.6) is 0 Å². The minimum Gasteiger partial charge on any atom is -0.423 e. The molecule has 3 nitrogen and oxygen atoms in total. The van der Waals surface area contributed by atoms with E-state index in [2.05, 4.69) is 0 Å². The van der Waals surface area contributed by atoms with Crippen LogP contribution in [0.15, 0.2) is 54.6 Å². The smallest absolute Gasteiger partial charge is 0.423 e. The van der Waals surface area contributed by atoms with Gasteiger partial charge in [0.05, 0.1) is 13.2 Å². The maximum atomic E-state index is 9.07. The topological polar surface area (TPSA) is 49.7 Å². The first kappa shape index (κ1) is 12.8. The van der Waals surface area contributed by atoms with Crippen molar-refractivity contribution in [1.29, 1.82) is 0 Å². The van der Waals surface area contributed by atoms with Gasteiger partial charge in [0.25, 0.3) is 0 Å². The molecule has 2 rings (SSSR count). The molecule has 2 aromatic carbocycles. The monoisotopic (exact) mass is 242 g/mol. The second kappa shape index (κ2) is 6.35. The van der Waals surface area contributed by atoms with Gasteiger partial charge in [0, 0.05) is 0 Å². The maximum Gasteiger partial charge on any atom is 0.488 e. The Kier molecular flexibility index (Phi) is 4.53. The fraction of sp³-hybridized carbons (Fsp3) is 0.143.